The molecule has 2 rings (SSSR count). The fourth-order valence-corrected chi connectivity index (χ4v) is 4.06. The van der Waals surface area contributed by atoms with Gasteiger partial charge in [0.15, 0.2) is 0 Å². The highest BCUT2D eigenvalue weighted by atomic mass is 16.6. The summed E-state index contributed by atoms with van der Waals surface area (Å²) in [6.07, 6.45) is 7.03. The first-order valence-corrected chi connectivity index (χ1v) is 11.0. The van der Waals surface area contributed by atoms with Crippen LogP contribution < -0.4 is 0 Å². The Bertz CT molecular complexity index is 640. The Morgan fingerprint density at radius 3 is 2.41 bits per heavy atom. The Kier molecular flexibility index (Phi) is 8.99. The molecule has 1 fully saturated rings. The summed E-state index contributed by atoms with van der Waals surface area (Å²) in [5, 5.41) is 10.1. The second-order valence-electron chi connectivity index (χ2n) is 9.00. The molecule has 5 heteroatoms. The number of hydrogen-bond donors (Lipinski definition) is 1. The summed E-state index contributed by atoms with van der Waals surface area (Å²) in [6, 6.07) is 10.1. The van der Waals surface area contributed by atoms with E-state index in [9.17, 15) is 14.7 Å². The van der Waals surface area contributed by atoms with Crippen LogP contribution in [0.3, 0.4) is 0 Å². The number of benzene rings is 1. The fraction of sp³-hybridized carbons (Fsp3) is 0.667. The first-order chi connectivity index (χ1) is 13.8. The normalized spacial score (nSPS) is 17.0. The van der Waals surface area contributed by atoms with E-state index in [1.54, 1.807) is 6.92 Å². The number of ether oxygens (including phenoxy) is 1. The molecule has 0 bridgehead atoms. The van der Waals surface area contributed by atoms with Gasteiger partial charge < -0.3 is 9.84 Å². The van der Waals surface area contributed by atoms with Crippen LogP contribution in [-0.2, 0) is 16.0 Å². The number of rotatable bonds is 10. The molecule has 1 aliphatic carbocycles. The average Bonchev–Trinajstić information content (AvgIpc) is 2.71. The van der Waals surface area contributed by atoms with E-state index >= 15 is 0 Å². The largest absolute Gasteiger partial charge is 0.480 e. The molecule has 29 heavy (non-hydrogen) atoms. The van der Waals surface area contributed by atoms with Crippen LogP contribution in [0.1, 0.15) is 71.3 Å². The Morgan fingerprint density at radius 1 is 1.17 bits per heavy atom. The van der Waals surface area contributed by atoms with Crippen LogP contribution in [0.4, 0.5) is 4.79 Å². The molecule has 0 heterocycles. The maximum absolute atomic E-state index is 12.9. The van der Waals surface area contributed by atoms with E-state index in [-0.39, 0.29) is 5.92 Å². The molecule has 0 aliphatic heterocycles. The Balaban J connectivity index is 2.13. The summed E-state index contributed by atoms with van der Waals surface area (Å²) >= 11 is 0. The van der Waals surface area contributed by atoms with Gasteiger partial charge in [0, 0.05) is 6.54 Å². The predicted molar refractivity (Wildman–Crippen MR) is 115 cm³/mol. The standard InChI is InChI=1S/C24H37NO4/c1-19(2)18-29-23(28)25(17-21-13-8-5-9-14-21)24(3,22(26)27)16-10-15-20-11-6-4-7-12-20/h4,6-7,11-12,19,21H,5,8-10,13-18H2,1-3H3,(H,26,27). The quantitative estimate of drug-likeness (QED) is 0.558. The zero-order valence-electron chi connectivity index (χ0n) is 18.2. The van der Waals surface area contributed by atoms with Crippen molar-refractivity contribution in [1.29, 1.82) is 0 Å². The van der Waals surface area contributed by atoms with Crippen molar-refractivity contribution >= 4 is 12.1 Å². The molecule has 5 nitrogen and oxygen atoms in total. The monoisotopic (exact) mass is 403 g/mol. The first-order valence-electron chi connectivity index (χ1n) is 11.0. The molecule has 1 atom stereocenters. The van der Waals surface area contributed by atoms with Crippen LogP contribution >= 0.6 is 0 Å². The lowest BCUT2D eigenvalue weighted by Gasteiger charge is -2.40. The lowest BCUT2D eigenvalue weighted by Crippen LogP contribution is -2.57. The third-order valence-corrected chi connectivity index (χ3v) is 5.95. The molecule has 1 aromatic rings. The highest BCUT2D eigenvalue weighted by molar-refractivity contribution is 5.84. The minimum absolute atomic E-state index is 0.213. The van der Waals surface area contributed by atoms with Crippen molar-refractivity contribution in [3.05, 3.63) is 35.9 Å². The van der Waals surface area contributed by atoms with E-state index in [1.165, 1.54) is 16.9 Å². The van der Waals surface area contributed by atoms with E-state index in [0.29, 0.717) is 31.9 Å². The zero-order chi connectivity index (χ0) is 21.3. The molecule has 0 saturated heterocycles. The van der Waals surface area contributed by atoms with Gasteiger partial charge in [-0.05, 0) is 56.4 Å². The number of hydrogen-bond acceptors (Lipinski definition) is 3. The Labute approximate surface area is 175 Å². The van der Waals surface area contributed by atoms with Crippen LogP contribution in [0.25, 0.3) is 0 Å². The van der Waals surface area contributed by atoms with E-state index in [4.69, 9.17) is 4.74 Å². The third kappa shape index (κ3) is 7.06. The highest BCUT2D eigenvalue weighted by Crippen LogP contribution is 2.30. The van der Waals surface area contributed by atoms with Crippen LogP contribution in [0.5, 0.6) is 0 Å². The van der Waals surface area contributed by atoms with Crippen molar-refractivity contribution in [3.63, 3.8) is 0 Å². The van der Waals surface area contributed by atoms with Crippen molar-refractivity contribution in [3.8, 4) is 0 Å². The molecule has 1 saturated carbocycles. The van der Waals surface area contributed by atoms with Gasteiger partial charge in [-0.15, -0.1) is 0 Å². The average molecular weight is 404 g/mol. The van der Waals surface area contributed by atoms with Crippen molar-refractivity contribution in [2.45, 2.75) is 77.7 Å². The van der Waals surface area contributed by atoms with Crippen molar-refractivity contribution in [1.82, 2.24) is 4.90 Å². The van der Waals surface area contributed by atoms with Gasteiger partial charge in [-0.3, -0.25) is 4.90 Å². The lowest BCUT2D eigenvalue weighted by atomic mass is 9.86. The molecule has 0 radical (unpaired) electrons. The predicted octanol–water partition coefficient (Wildman–Crippen LogP) is 5.53. The molecule has 1 amide bonds. The number of amides is 1. The third-order valence-electron chi connectivity index (χ3n) is 5.95. The van der Waals surface area contributed by atoms with E-state index in [1.807, 2.05) is 32.0 Å². The molecule has 0 aromatic heterocycles. The summed E-state index contributed by atoms with van der Waals surface area (Å²) in [4.78, 5) is 26.8. The first kappa shape index (κ1) is 23.2. The van der Waals surface area contributed by atoms with E-state index in [2.05, 4.69) is 12.1 Å². The summed E-state index contributed by atoms with van der Waals surface area (Å²) in [6.45, 7) is 6.41. The smallest absolute Gasteiger partial charge is 0.410 e. The van der Waals surface area contributed by atoms with Crippen LogP contribution in [-0.4, -0.2) is 40.8 Å². The van der Waals surface area contributed by atoms with Gasteiger partial charge >= 0.3 is 12.1 Å². The summed E-state index contributed by atoms with van der Waals surface area (Å²) in [5.74, 6) is -0.393. The maximum Gasteiger partial charge on any atom is 0.410 e. The molecule has 1 unspecified atom stereocenters. The van der Waals surface area contributed by atoms with Gasteiger partial charge in [0.25, 0.3) is 0 Å². The second kappa shape index (κ2) is 11.2. The van der Waals surface area contributed by atoms with Gasteiger partial charge in [0.1, 0.15) is 5.54 Å². The van der Waals surface area contributed by atoms with Gasteiger partial charge in [-0.25, -0.2) is 9.59 Å². The lowest BCUT2D eigenvalue weighted by molar-refractivity contribution is -0.150. The number of carbonyl (C=O) groups is 2. The second-order valence-corrected chi connectivity index (χ2v) is 9.00. The van der Waals surface area contributed by atoms with Gasteiger partial charge in [0.2, 0.25) is 0 Å². The molecule has 162 valence electrons. The fourth-order valence-electron chi connectivity index (χ4n) is 4.06. The van der Waals surface area contributed by atoms with E-state index < -0.39 is 17.6 Å². The summed E-state index contributed by atoms with van der Waals surface area (Å²) in [7, 11) is 0. The van der Waals surface area contributed by atoms with Crippen molar-refractivity contribution in [2.24, 2.45) is 11.8 Å². The number of nitrogens with zero attached hydrogens (tertiary/aromatic N) is 1. The van der Waals surface area contributed by atoms with Gasteiger partial charge in [0.05, 0.1) is 6.61 Å². The molecule has 0 spiro atoms. The summed E-state index contributed by atoms with van der Waals surface area (Å²) in [5.41, 5.74) is -0.0817. The molecular weight excluding hydrogens is 366 g/mol. The summed E-state index contributed by atoms with van der Waals surface area (Å²) < 4.78 is 5.49. The molecular formula is C24H37NO4. The molecule has 1 aromatic carbocycles. The van der Waals surface area contributed by atoms with Crippen molar-refractivity contribution < 1.29 is 19.4 Å². The topological polar surface area (TPSA) is 66.8 Å². The van der Waals surface area contributed by atoms with E-state index in [0.717, 1.165) is 32.1 Å². The SMILES string of the molecule is CC(C)COC(=O)N(CC1CCCCC1)C(C)(CCCc1ccccc1)C(=O)O. The zero-order valence-corrected chi connectivity index (χ0v) is 18.2. The number of carbonyl (C=O) groups excluding carboxylic acids is 1. The van der Waals surface area contributed by atoms with Crippen LogP contribution in [0, 0.1) is 11.8 Å². The number of carboxylic acid groups (broad SMARTS) is 1. The number of aliphatic carboxylic acids is 1. The molecule has 1 N–H and O–H groups in total. The minimum Gasteiger partial charge on any atom is -0.480 e. The highest BCUT2D eigenvalue weighted by Gasteiger charge is 2.43. The number of carboxylic acids is 1. The number of aryl methyl sites for hydroxylation is 1. The van der Waals surface area contributed by atoms with Gasteiger partial charge in [-0.2, -0.15) is 0 Å². The maximum atomic E-state index is 12.9. The van der Waals surface area contributed by atoms with Crippen LogP contribution in [0.2, 0.25) is 0 Å². The Hall–Kier alpha value is -2.04. The van der Waals surface area contributed by atoms with Gasteiger partial charge in [-0.1, -0.05) is 63.4 Å². The van der Waals surface area contributed by atoms with Crippen molar-refractivity contribution in [2.75, 3.05) is 13.2 Å². The minimum atomic E-state index is -1.26. The Morgan fingerprint density at radius 2 is 1.83 bits per heavy atom. The van der Waals surface area contributed by atoms with Crippen LogP contribution in [0.15, 0.2) is 30.3 Å². The molecule has 1 aliphatic rings.